The summed E-state index contributed by atoms with van der Waals surface area (Å²) in [5.74, 6) is 0.264. The average Bonchev–Trinajstić information content (AvgIpc) is 2.27. The molecule has 0 aromatic carbocycles. The molecule has 0 saturated carbocycles. The van der Waals surface area contributed by atoms with E-state index in [1.807, 2.05) is 13.8 Å². The Balaban J connectivity index is 3.73. The van der Waals surface area contributed by atoms with Gasteiger partial charge in [-0.25, -0.2) is 0 Å². The number of hydrogen-bond donors (Lipinski definition) is 2. The summed E-state index contributed by atoms with van der Waals surface area (Å²) in [5.41, 5.74) is 5.56. The molecule has 0 radical (unpaired) electrons. The highest BCUT2D eigenvalue weighted by Crippen LogP contribution is 2.12. The lowest BCUT2D eigenvalue weighted by atomic mass is 10.2. The first kappa shape index (κ1) is 15.2. The van der Waals surface area contributed by atoms with Gasteiger partial charge in [-0.15, -0.1) is 11.8 Å². The van der Waals surface area contributed by atoms with Crippen molar-refractivity contribution in [2.75, 3.05) is 19.4 Å². The molecule has 0 fully saturated rings. The van der Waals surface area contributed by atoms with Crippen molar-refractivity contribution in [3.8, 4) is 0 Å². The number of ether oxygens (including phenoxy) is 1. The van der Waals surface area contributed by atoms with Crippen molar-refractivity contribution < 1.29 is 14.3 Å². The summed E-state index contributed by atoms with van der Waals surface area (Å²) >= 11 is 1.48. The zero-order chi connectivity index (χ0) is 12.6. The van der Waals surface area contributed by atoms with Gasteiger partial charge in [0.2, 0.25) is 5.91 Å². The van der Waals surface area contributed by atoms with Gasteiger partial charge in [-0.2, -0.15) is 0 Å². The maximum absolute atomic E-state index is 11.4. The lowest BCUT2D eigenvalue weighted by Crippen LogP contribution is -2.33. The maximum atomic E-state index is 11.4. The molecule has 16 heavy (non-hydrogen) atoms. The molecule has 0 aliphatic heterocycles. The zero-order valence-corrected chi connectivity index (χ0v) is 10.8. The van der Waals surface area contributed by atoms with Crippen molar-refractivity contribution in [3.63, 3.8) is 0 Å². The van der Waals surface area contributed by atoms with Crippen LogP contribution in [-0.4, -0.2) is 42.6 Å². The fourth-order valence-corrected chi connectivity index (χ4v) is 2.01. The van der Waals surface area contributed by atoms with Gasteiger partial charge in [0.05, 0.1) is 12.4 Å². The number of rotatable bonds is 7. The summed E-state index contributed by atoms with van der Waals surface area (Å²) in [6.45, 7) is 4.34. The summed E-state index contributed by atoms with van der Waals surface area (Å²) in [4.78, 5) is 22.3. The van der Waals surface area contributed by atoms with E-state index in [-0.39, 0.29) is 11.2 Å². The van der Waals surface area contributed by atoms with Crippen molar-refractivity contribution in [1.29, 1.82) is 0 Å². The van der Waals surface area contributed by atoms with Gasteiger partial charge in [-0.05, 0) is 26.0 Å². The Morgan fingerprint density at radius 3 is 2.62 bits per heavy atom. The zero-order valence-electron chi connectivity index (χ0n) is 9.99. The van der Waals surface area contributed by atoms with Crippen LogP contribution in [0.4, 0.5) is 0 Å². The topological polar surface area (TPSA) is 81.4 Å². The fourth-order valence-electron chi connectivity index (χ4n) is 1.03. The molecule has 6 heteroatoms. The van der Waals surface area contributed by atoms with Crippen LogP contribution in [0.2, 0.25) is 0 Å². The van der Waals surface area contributed by atoms with Crippen LogP contribution in [0.5, 0.6) is 0 Å². The third kappa shape index (κ3) is 5.97. The van der Waals surface area contributed by atoms with E-state index in [2.05, 4.69) is 10.1 Å². The lowest BCUT2D eigenvalue weighted by Gasteiger charge is -2.12. The number of amides is 1. The van der Waals surface area contributed by atoms with Gasteiger partial charge in [0, 0.05) is 6.54 Å². The van der Waals surface area contributed by atoms with Crippen LogP contribution in [0.25, 0.3) is 0 Å². The minimum Gasteiger partial charge on any atom is -0.468 e. The molecule has 0 aliphatic rings. The molecule has 0 spiro atoms. The number of thioether (sulfide) groups is 1. The van der Waals surface area contributed by atoms with Gasteiger partial charge in [-0.1, -0.05) is 0 Å². The van der Waals surface area contributed by atoms with Gasteiger partial charge < -0.3 is 15.8 Å². The average molecular weight is 248 g/mol. The number of nitrogens with one attached hydrogen (secondary N) is 1. The second-order valence-electron chi connectivity index (χ2n) is 3.33. The summed E-state index contributed by atoms with van der Waals surface area (Å²) in [6.07, 6.45) is 0.515. The Morgan fingerprint density at radius 2 is 2.12 bits per heavy atom. The highest BCUT2D eigenvalue weighted by Gasteiger charge is 2.16. The van der Waals surface area contributed by atoms with Crippen LogP contribution in [-0.2, 0) is 14.3 Å². The lowest BCUT2D eigenvalue weighted by molar-refractivity contribution is -0.142. The molecule has 94 valence electrons. The Morgan fingerprint density at radius 1 is 1.50 bits per heavy atom. The molecule has 0 aromatic heterocycles. The molecular formula is C10H20N2O3S. The van der Waals surface area contributed by atoms with Crippen LogP contribution < -0.4 is 11.1 Å². The standard InChI is InChI=1S/C10H20N2O3S/c1-4-12-9(13)7(2)16-6-5-8(11)10(14)15-3/h7-8H,4-6,11H2,1-3H3,(H,12,13). The number of nitrogens with two attached hydrogens (primary N) is 1. The normalized spacial score (nSPS) is 14.0. The first-order valence-corrected chi connectivity index (χ1v) is 6.30. The Bertz CT molecular complexity index is 236. The fraction of sp³-hybridized carbons (Fsp3) is 0.800. The molecular weight excluding hydrogens is 228 g/mol. The molecule has 0 aliphatic carbocycles. The Hall–Kier alpha value is -0.750. The first-order valence-electron chi connectivity index (χ1n) is 5.25. The van der Waals surface area contributed by atoms with Crippen LogP contribution in [0.3, 0.4) is 0 Å². The van der Waals surface area contributed by atoms with E-state index >= 15 is 0 Å². The van der Waals surface area contributed by atoms with Crippen LogP contribution in [0, 0.1) is 0 Å². The van der Waals surface area contributed by atoms with Crippen LogP contribution in [0.15, 0.2) is 0 Å². The predicted octanol–water partition coefficient (Wildman–Crippen LogP) is 0.135. The van der Waals surface area contributed by atoms with E-state index < -0.39 is 12.0 Å². The third-order valence-corrected chi connectivity index (χ3v) is 3.21. The summed E-state index contributed by atoms with van der Waals surface area (Å²) in [7, 11) is 1.31. The number of esters is 1. The summed E-state index contributed by atoms with van der Waals surface area (Å²) in [5, 5.41) is 2.61. The van der Waals surface area contributed by atoms with Crippen molar-refractivity contribution in [3.05, 3.63) is 0 Å². The highest BCUT2D eigenvalue weighted by atomic mass is 32.2. The molecule has 5 nitrogen and oxygen atoms in total. The second kappa shape index (κ2) is 8.41. The predicted molar refractivity (Wildman–Crippen MR) is 65.2 cm³/mol. The molecule has 0 rings (SSSR count). The van der Waals surface area contributed by atoms with E-state index in [0.29, 0.717) is 18.7 Å². The number of methoxy groups -OCH3 is 1. The molecule has 1 amide bonds. The third-order valence-electron chi connectivity index (χ3n) is 2.02. The second-order valence-corrected chi connectivity index (χ2v) is 4.77. The van der Waals surface area contributed by atoms with E-state index in [1.54, 1.807) is 0 Å². The number of hydrogen-bond acceptors (Lipinski definition) is 5. The van der Waals surface area contributed by atoms with Crippen molar-refractivity contribution in [2.45, 2.75) is 31.6 Å². The minimum absolute atomic E-state index is 0.0131. The molecule has 2 unspecified atom stereocenters. The van der Waals surface area contributed by atoms with Gasteiger partial charge in [-0.3, -0.25) is 9.59 Å². The monoisotopic (exact) mass is 248 g/mol. The molecule has 2 atom stereocenters. The van der Waals surface area contributed by atoms with Crippen LogP contribution >= 0.6 is 11.8 Å². The van der Waals surface area contributed by atoms with Gasteiger partial charge >= 0.3 is 5.97 Å². The Labute approximate surface area is 100 Å². The maximum Gasteiger partial charge on any atom is 0.322 e. The number of carbonyl (C=O) groups is 2. The van der Waals surface area contributed by atoms with Crippen molar-refractivity contribution in [1.82, 2.24) is 5.32 Å². The molecule has 0 bridgehead atoms. The SMILES string of the molecule is CCNC(=O)C(C)SCCC(N)C(=O)OC. The van der Waals surface area contributed by atoms with E-state index in [0.717, 1.165) is 0 Å². The van der Waals surface area contributed by atoms with E-state index in [1.165, 1.54) is 18.9 Å². The molecule has 0 saturated heterocycles. The summed E-state index contributed by atoms with van der Waals surface area (Å²) < 4.78 is 4.50. The Kier molecular flexibility index (Phi) is 8.01. The van der Waals surface area contributed by atoms with Gasteiger partial charge in [0.25, 0.3) is 0 Å². The molecule has 0 aromatic rings. The van der Waals surface area contributed by atoms with Gasteiger partial charge in [0.15, 0.2) is 0 Å². The largest absolute Gasteiger partial charge is 0.468 e. The smallest absolute Gasteiger partial charge is 0.322 e. The summed E-state index contributed by atoms with van der Waals surface area (Å²) in [6, 6.07) is -0.598. The quantitative estimate of drug-likeness (QED) is 0.626. The molecule has 0 heterocycles. The minimum atomic E-state index is -0.598. The van der Waals surface area contributed by atoms with Gasteiger partial charge in [0.1, 0.15) is 6.04 Å². The van der Waals surface area contributed by atoms with Crippen LogP contribution in [0.1, 0.15) is 20.3 Å². The van der Waals surface area contributed by atoms with Crippen molar-refractivity contribution >= 4 is 23.6 Å². The first-order chi connectivity index (χ1) is 7.52. The van der Waals surface area contributed by atoms with E-state index in [9.17, 15) is 9.59 Å². The highest BCUT2D eigenvalue weighted by molar-refractivity contribution is 8.00. The number of carbonyl (C=O) groups excluding carboxylic acids is 2. The van der Waals surface area contributed by atoms with E-state index in [4.69, 9.17) is 5.73 Å². The molecule has 3 N–H and O–H groups in total. The van der Waals surface area contributed by atoms with Crippen molar-refractivity contribution in [2.24, 2.45) is 5.73 Å².